The van der Waals surface area contributed by atoms with E-state index in [0.717, 1.165) is 18.4 Å². The molecule has 0 aliphatic carbocycles. The van der Waals surface area contributed by atoms with E-state index in [1.54, 1.807) is 24.1 Å². The first-order chi connectivity index (χ1) is 14.5. The fourth-order valence-corrected chi connectivity index (χ4v) is 3.93. The SMILES string of the molecule is COc1cc(C(=O)N(CCCc2ccccc2)Cc2nc(C(=O)O)cs2)ccc1C. The normalized spacial score (nSPS) is 10.6. The van der Waals surface area contributed by atoms with E-state index >= 15 is 0 Å². The van der Waals surface area contributed by atoms with E-state index in [1.165, 1.54) is 22.3 Å². The maximum atomic E-state index is 13.2. The number of aromatic carboxylic acids is 1. The molecular formula is C23H24N2O4S. The molecule has 0 saturated carbocycles. The Balaban J connectivity index is 1.78. The summed E-state index contributed by atoms with van der Waals surface area (Å²) in [6.07, 6.45) is 1.63. The lowest BCUT2D eigenvalue weighted by Crippen LogP contribution is -2.32. The summed E-state index contributed by atoms with van der Waals surface area (Å²) in [5.74, 6) is -0.538. The molecule has 6 nitrogen and oxygen atoms in total. The summed E-state index contributed by atoms with van der Waals surface area (Å²) in [7, 11) is 1.58. The molecule has 7 heteroatoms. The second-order valence-electron chi connectivity index (χ2n) is 6.93. The first-order valence-corrected chi connectivity index (χ1v) is 10.5. The Morgan fingerprint density at radius 2 is 1.93 bits per heavy atom. The minimum atomic E-state index is -1.07. The zero-order chi connectivity index (χ0) is 21.5. The fraction of sp³-hybridized carbons (Fsp3) is 0.261. The number of ether oxygens (including phenoxy) is 1. The molecule has 156 valence electrons. The number of thiazole rings is 1. The van der Waals surface area contributed by atoms with Crippen molar-refractivity contribution < 1.29 is 19.4 Å². The molecule has 0 fully saturated rings. The van der Waals surface area contributed by atoms with Crippen LogP contribution in [0.1, 0.15) is 43.4 Å². The summed E-state index contributed by atoms with van der Waals surface area (Å²) in [4.78, 5) is 30.2. The van der Waals surface area contributed by atoms with Gasteiger partial charge in [-0.1, -0.05) is 36.4 Å². The van der Waals surface area contributed by atoms with Crippen LogP contribution in [0.3, 0.4) is 0 Å². The molecule has 0 spiro atoms. The molecule has 0 bridgehead atoms. The van der Waals surface area contributed by atoms with Crippen LogP contribution in [0.4, 0.5) is 0 Å². The van der Waals surface area contributed by atoms with Crippen molar-refractivity contribution in [2.75, 3.05) is 13.7 Å². The van der Waals surface area contributed by atoms with Crippen molar-refractivity contribution in [2.24, 2.45) is 0 Å². The number of amides is 1. The van der Waals surface area contributed by atoms with E-state index < -0.39 is 5.97 Å². The highest BCUT2D eigenvalue weighted by atomic mass is 32.1. The van der Waals surface area contributed by atoms with Gasteiger partial charge in [0.15, 0.2) is 5.69 Å². The van der Waals surface area contributed by atoms with Crippen LogP contribution < -0.4 is 4.74 Å². The van der Waals surface area contributed by atoms with Gasteiger partial charge in [0.2, 0.25) is 0 Å². The van der Waals surface area contributed by atoms with E-state index in [4.69, 9.17) is 9.84 Å². The summed E-state index contributed by atoms with van der Waals surface area (Å²) in [5, 5.41) is 11.2. The van der Waals surface area contributed by atoms with Crippen molar-refractivity contribution >= 4 is 23.2 Å². The lowest BCUT2D eigenvalue weighted by molar-refractivity contribution is 0.0691. The molecule has 2 aromatic carbocycles. The zero-order valence-corrected chi connectivity index (χ0v) is 17.8. The highest BCUT2D eigenvalue weighted by Crippen LogP contribution is 2.22. The Bertz CT molecular complexity index is 1020. The van der Waals surface area contributed by atoms with E-state index in [1.807, 2.05) is 31.2 Å². The third-order valence-electron chi connectivity index (χ3n) is 4.78. The fourth-order valence-electron chi connectivity index (χ4n) is 3.15. The molecule has 1 heterocycles. The number of rotatable bonds is 9. The average molecular weight is 425 g/mol. The largest absolute Gasteiger partial charge is 0.496 e. The minimum absolute atomic E-state index is 0.00342. The third kappa shape index (κ3) is 5.45. The third-order valence-corrected chi connectivity index (χ3v) is 5.61. The Hall–Kier alpha value is -3.19. The number of carbonyl (C=O) groups is 2. The number of carbonyl (C=O) groups excluding carboxylic acids is 1. The number of methoxy groups -OCH3 is 1. The monoisotopic (exact) mass is 424 g/mol. The van der Waals surface area contributed by atoms with Crippen LogP contribution in [0.5, 0.6) is 5.75 Å². The number of aryl methyl sites for hydroxylation is 2. The summed E-state index contributed by atoms with van der Waals surface area (Å²) < 4.78 is 5.36. The van der Waals surface area contributed by atoms with Crippen LogP contribution in [0.15, 0.2) is 53.9 Å². The lowest BCUT2D eigenvalue weighted by Gasteiger charge is -2.22. The molecule has 1 amide bonds. The summed E-state index contributed by atoms with van der Waals surface area (Å²) in [5.41, 5.74) is 2.70. The lowest BCUT2D eigenvalue weighted by atomic mass is 10.1. The van der Waals surface area contributed by atoms with Crippen molar-refractivity contribution in [1.82, 2.24) is 9.88 Å². The van der Waals surface area contributed by atoms with Gasteiger partial charge in [-0.25, -0.2) is 9.78 Å². The molecule has 3 aromatic rings. The van der Waals surface area contributed by atoms with Gasteiger partial charge in [-0.05, 0) is 43.0 Å². The summed E-state index contributed by atoms with van der Waals surface area (Å²) >= 11 is 1.25. The summed E-state index contributed by atoms with van der Waals surface area (Å²) in [6, 6.07) is 15.5. The van der Waals surface area contributed by atoms with Crippen LogP contribution in [0.25, 0.3) is 0 Å². The maximum Gasteiger partial charge on any atom is 0.355 e. The molecule has 0 saturated heterocycles. The van der Waals surface area contributed by atoms with Gasteiger partial charge in [0.1, 0.15) is 10.8 Å². The maximum absolute atomic E-state index is 13.2. The van der Waals surface area contributed by atoms with Gasteiger partial charge in [0, 0.05) is 17.5 Å². The average Bonchev–Trinajstić information content (AvgIpc) is 3.23. The number of hydrogen-bond donors (Lipinski definition) is 1. The van der Waals surface area contributed by atoms with Crippen LogP contribution in [-0.2, 0) is 13.0 Å². The van der Waals surface area contributed by atoms with Crippen LogP contribution >= 0.6 is 11.3 Å². The Kier molecular flexibility index (Phi) is 7.19. The highest BCUT2D eigenvalue weighted by Gasteiger charge is 2.19. The standard InChI is InChI=1S/C23H24N2O4S/c1-16-10-11-18(13-20(16)29-2)22(26)25(12-6-9-17-7-4-3-5-8-17)14-21-24-19(15-30-21)23(27)28/h3-5,7-8,10-11,13,15H,6,9,12,14H2,1-2H3,(H,27,28). The molecule has 0 aliphatic heterocycles. The first kappa shape index (κ1) is 21.5. The molecule has 0 aliphatic rings. The van der Waals surface area contributed by atoms with E-state index in [0.29, 0.717) is 22.9 Å². The van der Waals surface area contributed by atoms with Crippen molar-refractivity contribution in [3.8, 4) is 5.75 Å². The number of benzene rings is 2. The predicted octanol–water partition coefficient (Wildman–Crippen LogP) is 4.43. The topological polar surface area (TPSA) is 79.7 Å². The first-order valence-electron chi connectivity index (χ1n) is 9.63. The van der Waals surface area contributed by atoms with Crippen LogP contribution in [0, 0.1) is 6.92 Å². The second kappa shape index (κ2) is 10.0. The molecule has 3 rings (SSSR count). The second-order valence-corrected chi connectivity index (χ2v) is 7.87. The number of carboxylic acids is 1. The van der Waals surface area contributed by atoms with Gasteiger partial charge < -0.3 is 14.7 Å². The Morgan fingerprint density at radius 3 is 2.60 bits per heavy atom. The molecule has 0 atom stereocenters. The number of aromatic nitrogens is 1. The van der Waals surface area contributed by atoms with Gasteiger partial charge >= 0.3 is 5.97 Å². The van der Waals surface area contributed by atoms with Gasteiger partial charge in [0.05, 0.1) is 13.7 Å². The van der Waals surface area contributed by atoms with Gasteiger partial charge in [-0.15, -0.1) is 11.3 Å². The van der Waals surface area contributed by atoms with E-state index in [9.17, 15) is 9.59 Å². The number of hydrogen-bond acceptors (Lipinski definition) is 5. The van der Waals surface area contributed by atoms with Gasteiger partial charge in [-0.3, -0.25) is 4.79 Å². The molecule has 1 N–H and O–H groups in total. The minimum Gasteiger partial charge on any atom is -0.496 e. The van der Waals surface area contributed by atoms with Crippen LogP contribution in [-0.4, -0.2) is 40.5 Å². The molecule has 0 radical (unpaired) electrons. The summed E-state index contributed by atoms with van der Waals surface area (Å²) in [6.45, 7) is 2.72. The Morgan fingerprint density at radius 1 is 1.17 bits per heavy atom. The molecular weight excluding hydrogens is 400 g/mol. The zero-order valence-electron chi connectivity index (χ0n) is 17.0. The van der Waals surface area contributed by atoms with Crippen molar-refractivity contribution in [2.45, 2.75) is 26.3 Å². The smallest absolute Gasteiger partial charge is 0.355 e. The molecule has 0 unspecified atom stereocenters. The van der Waals surface area contributed by atoms with Crippen molar-refractivity contribution in [1.29, 1.82) is 0 Å². The molecule has 1 aromatic heterocycles. The van der Waals surface area contributed by atoms with Crippen molar-refractivity contribution in [3.05, 3.63) is 81.3 Å². The predicted molar refractivity (Wildman–Crippen MR) is 116 cm³/mol. The highest BCUT2D eigenvalue weighted by molar-refractivity contribution is 7.09. The van der Waals surface area contributed by atoms with Gasteiger partial charge in [-0.2, -0.15) is 0 Å². The van der Waals surface area contributed by atoms with E-state index in [2.05, 4.69) is 17.1 Å². The number of nitrogens with zero attached hydrogens (tertiary/aromatic N) is 2. The Labute approximate surface area is 179 Å². The van der Waals surface area contributed by atoms with Gasteiger partial charge in [0.25, 0.3) is 5.91 Å². The number of carboxylic acid groups (broad SMARTS) is 1. The quantitative estimate of drug-likeness (QED) is 0.550. The van der Waals surface area contributed by atoms with Crippen LogP contribution in [0.2, 0.25) is 0 Å². The van der Waals surface area contributed by atoms with Crippen molar-refractivity contribution in [3.63, 3.8) is 0 Å². The van der Waals surface area contributed by atoms with E-state index in [-0.39, 0.29) is 18.1 Å². The molecule has 30 heavy (non-hydrogen) atoms.